The fourth-order valence-electron chi connectivity index (χ4n) is 1.11. The fraction of sp³-hybridized carbons (Fsp3) is 0.250. The molecule has 0 aromatic carbocycles. The molecule has 0 amide bonds. The first-order chi connectivity index (χ1) is 6.75. The van der Waals surface area contributed by atoms with Gasteiger partial charge in [-0.3, -0.25) is 0 Å². The van der Waals surface area contributed by atoms with Crippen molar-refractivity contribution in [3.63, 3.8) is 0 Å². The zero-order chi connectivity index (χ0) is 9.97. The molecule has 0 saturated carbocycles. The van der Waals surface area contributed by atoms with Crippen LogP contribution in [0.5, 0.6) is 0 Å². The Labute approximate surface area is 95.3 Å². The van der Waals surface area contributed by atoms with Crippen molar-refractivity contribution in [2.24, 2.45) is 0 Å². The molecular formula is C8H7Cl2N3S. The first-order valence-corrected chi connectivity index (χ1v) is 5.60. The first-order valence-electron chi connectivity index (χ1n) is 4.03. The molecule has 2 rings (SSSR count). The molecular weight excluding hydrogens is 241 g/mol. The Balaban J connectivity index is 1.98. The summed E-state index contributed by atoms with van der Waals surface area (Å²) in [6.07, 6.45) is 2.52. The van der Waals surface area contributed by atoms with Crippen LogP contribution in [0.4, 0.5) is 0 Å². The van der Waals surface area contributed by atoms with Crippen molar-refractivity contribution in [1.82, 2.24) is 14.8 Å². The maximum absolute atomic E-state index is 5.81. The average molecular weight is 248 g/mol. The van der Waals surface area contributed by atoms with Crippen molar-refractivity contribution in [2.75, 3.05) is 0 Å². The monoisotopic (exact) mass is 247 g/mol. The molecule has 0 aliphatic heterocycles. The molecule has 2 aromatic heterocycles. The van der Waals surface area contributed by atoms with Crippen molar-refractivity contribution in [1.29, 1.82) is 0 Å². The second-order valence-corrected chi connectivity index (χ2v) is 4.89. The number of nitrogens with zero attached hydrogens (tertiary/aromatic N) is 3. The van der Waals surface area contributed by atoms with Crippen molar-refractivity contribution in [3.8, 4) is 0 Å². The van der Waals surface area contributed by atoms with Gasteiger partial charge in [-0.25, -0.2) is 0 Å². The van der Waals surface area contributed by atoms with E-state index in [0.29, 0.717) is 5.28 Å². The molecule has 74 valence electrons. The highest BCUT2D eigenvalue weighted by atomic mass is 35.5. The lowest BCUT2D eigenvalue weighted by Crippen LogP contribution is -1.98. The standard InChI is InChI=1S/C8H7Cl2N3S/c9-7-2-1-6(14-7)3-4-13-5-11-12-8(13)10/h1-2,5H,3-4H2. The number of hydrogen-bond donors (Lipinski definition) is 0. The SMILES string of the molecule is Clc1ccc(CCn2cnnc2Cl)s1. The van der Waals surface area contributed by atoms with Gasteiger partial charge < -0.3 is 4.57 Å². The van der Waals surface area contributed by atoms with Gasteiger partial charge in [0.1, 0.15) is 6.33 Å². The third kappa shape index (κ3) is 2.26. The number of hydrogen-bond acceptors (Lipinski definition) is 3. The first kappa shape index (κ1) is 9.96. The van der Waals surface area contributed by atoms with Crippen LogP contribution >= 0.6 is 34.5 Å². The topological polar surface area (TPSA) is 30.7 Å². The van der Waals surface area contributed by atoms with Gasteiger partial charge in [-0.05, 0) is 30.2 Å². The van der Waals surface area contributed by atoms with E-state index in [1.165, 1.54) is 4.88 Å². The van der Waals surface area contributed by atoms with E-state index in [1.807, 2.05) is 12.1 Å². The largest absolute Gasteiger partial charge is 0.304 e. The van der Waals surface area contributed by atoms with E-state index >= 15 is 0 Å². The normalized spacial score (nSPS) is 10.7. The van der Waals surface area contributed by atoms with E-state index in [0.717, 1.165) is 17.3 Å². The van der Waals surface area contributed by atoms with Crippen LogP contribution in [0.15, 0.2) is 18.5 Å². The lowest BCUT2D eigenvalue weighted by Gasteiger charge is -1.99. The van der Waals surface area contributed by atoms with Gasteiger partial charge >= 0.3 is 0 Å². The molecule has 0 fully saturated rings. The van der Waals surface area contributed by atoms with Crippen molar-refractivity contribution < 1.29 is 0 Å². The van der Waals surface area contributed by atoms with Crippen molar-refractivity contribution >= 4 is 34.5 Å². The molecule has 6 heteroatoms. The smallest absolute Gasteiger partial charge is 0.224 e. The highest BCUT2D eigenvalue weighted by Crippen LogP contribution is 2.22. The summed E-state index contributed by atoms with van der Waals surface area (Å²) in [7, 11) is 0. The Morgan fingerprint density at radius 1 is 1.36 bits per heavy atom. The van der Waals surface area contributed by atoms with Crippen LogP contribution in [-0.2, 0) is 13.0 Å². The predicted octanol–water partition coefficient (Wildman–Crippen LogP) is 2.89. The van der Waals surface area contributed by atoms with Gasteiger partial charge in [0, 0.05) is 11.4 Å². The second-order valence-electron chi connectivity index (χ2n) is 2.75. The average Bonchev–Trinajstić information content (AvgIpc) is 2.72. The van der Waals surface area contributed by atoms with E-state index in [1.54, 1.807) is 22.2 Å². The molecule has 3 nitrogen and oxygen atoms in total. The lowest BCUT2D eigenvalue weighted by molar-refractivity contribution is 0.700. The minimum atomic E-state index is 0.424. The molecule has 2 aromatic rings. The van der Waals surface area contributed by atoms with E-state index in [9.17, 15) is 0 Å². The molecule has 14 heavy (non-hydrogen) atoms. The summed E-state index contributed by atoms with van der Waals surface area (Å²) in [5, 5.41) is 7.81. The summed E-state index contributed by atoms with van der Waals surface area (Å²) in [4.78, 5) is 1.24. The van der Waals surface area contributed by atoms with Crippen LogP contribution in [0.25, 0.3) is 0 Å². The Kier molecular flexibility index (Phi) is 3.05. The highest BCUT2D eigenvalue weighted by molar-refractivity contribution is 7.16. The number of rotatable bonds is 3. The number of thiophene rings is 1. The molecule has 0 spiro atoms. The molecule has 0 atom stereocenters. The second kappa shape index (κ2) is 4.29. The van der Waals surface area contributed by atoms with Crippen LogP contribution < -0.4 is 0 Å². The maximum Gasteiger partial charge on any atom is 0.224 e. The fourth-order valence-corrected chi connectivity index (χ4v) is 2.36. The van der Waals surface area contributed by atoms with Crippen LogP contribution in [-0.4, -0.2) is 14.8 Å². The molecule has 0 aliphatic rings. The molecule has 2 heterocycles. The number of aryl methyl sites for hydroxylation is 2. The van der Waals surface area contributed by atoms with E-state index in [4.69, 9.17) is 23.2 Å². The number of halogens is 2. The van der Waals surface area contributed by atoms with Gasteiger partial charge in [0.15, 0.2) is 0 Å². The summed E-state index contributed by atoms with van der Waals surface area (Å²) in [5.74, 6) is 0. The quantitative estimate of drug-likeness (QED) is 0.836. The van der Waals surface area contributed by atoms with E-state index < -0.39 is 0 Å². The van der Waals surface area contributed by atoms with Gasteiger partial charge in [-0.1, -0.05) is 11.6 Å². The number of aromatic nitrogens is 3. The Morgan fingerprint density at radius 3 is 2.79 bits per heavy atom. The summed E-state index contributed by atoms with van der Waals surface area (Å²) in [5.41, 5.74) is 0. The molecule has 0 radical (unpaired) electrons. The Hall–Kier alpha value is -0.580. The summed E-state index contributed by atoms with van der Waals surface area (Å²) in [6.45, 7) is 0.780. The summed E-state index contributed by atoms with van der Waals surface area (Å²) >= 11 is 13.2. The molecule has 0 bridgehead atoms. The summed E-state index contributed by atoms with van der Waals surface area (Å²) < 4.78 is 2.62. The van der Waals surface area contributed by atoms with Crippen LogP contribution in [0, 0.1) is 0 Å². The minimum Gasteiger partial charge on any atom is -0.304 e. The van der Waals surface area contributed by atoms with Gasteiger partial charge in [0.25, 0.3) is 0 Å². The van der Waals surface area contributed by atoms with Gasteiger partial charge in [-0.2, -0.15) is 0 Å². The predicted molar refractivity (Wildman–Crippen MR) is 58.1 cm³/mol. The van der Waals surface area contributed by atoms with Crippen molar-refractivity contribution in [2.45, 2.75) is 13.0 Å². The highest BCUT2D eigenvalue weighted by Gasteiger charge is 2.02. The van der Waals surface area contributed by atoms with Crippen LogP contribution in [0.2, 0.25) is 9.62 Å². The van der Waals surface area contributed by atoms with E-state index in [2.05, 4.69) is 10.2 Å². The van der Waals surface area contributed by atoms with Gasteiger partial charge in [0.2, 0.25) is 5.28 Å². The third-order valence-corrected chi connectivity index (χ3v) is 3.38. The summed E-state index contributed by atoms with van der Waals surface area (Å²) in [6, 6.07) is 3.92. The van der Waals surface area contributed by atoms with Crippen LogP contribution in [0.1, 0.15) is 4.88 Å². The zero-order valence-electron chi connectivity index (χ0n) is 7.15. The van der Waals surface area contributed by atoms with E-state index in [-0.39, 0.29) is 0 Å². The van der Waals surface area contributed by atoms with Crippen LogP contribution in [0.3, 0.4) is 0 Å². The third-order valence-electron chi connectivity index (χ3n) is 1.80. The molecule has 0 N–H and O–H groups in total. The van der Waals surface area contributed by atoms with Gasteiger partial charge in [0.05, 0.1) is 4.34 Å². The minimum absolute atomic E-state index is 0.424. The Morgan fingerprint density at radius 2 is 2.21 bits per heavy atom. The maximum atomic E-state index is 5.81. The molecule has 0 unspecified atom stereocenters. The Bertz CT molecular complexity index is 424. The van der Waals surface area contributed by atoms with Gasteiger partial charge in [-0.15, -0.1) is 21.5 Å². The lowest BCUT2D eigenvalue weighted by atomic mass is 10.3. The molecule has 0 aliphatic carbocycles. The molecule has 0 saturated heterocycles. The van der Waals surface area contributed by atoms with Crippen molar-refractivity contribution in [3.05, 3.63) is 33.0 Å². The zero-order valence-corrected chi connectivity index (χ0v) is 9.48.